The van der Waals surface area contributed by atoms with E-state index in [0.29, 0.717) is 30.1 Å². The van der Waals surface area contributed by atoms with Gasteiger partial charge < -0.3 is 19.9 Å². The Morgan fingerprint density at radius 3 is 2.75 bits per heavy atom. The Morgan fingerprint density at radius 2 is 2.00 bits per heavy atom. The Hall–Kier alpha value is -3.27. The number of nitrogens with zero attached hydrogens (tertiary/aromatic N) is 6. The zero-order chi connectivity index (χ0) is 22.8. The van der Waals surface area contributed by atoms with E-state index in [9.17, 15) is 8.78 Å². The quantitative estimate of drug-likeness (QED) is 0.599. The average Bonchev–Trinajstić information content (AvgIpc) is 3.20. The highest BCUT2D eigenvalue weighted by Gasteiger charge is 2.25. The molecule has 2 aromatic heterocycles. The molecule has 0 saturated carbocycles. The van der Waals surface area contributed by atoms with Gasteiger partial charge in [0, 0.05) is 24.3 Å². The number of hydrogen-bond acceptors (Lipinski definition) is 7. The lowest BCUT2D eigenvalue weighted by Crippen LogP contribution is -2.38. The number of anilines is 3. The van der Waals surface area contributed by atoms with E-state index in [1.54, 1.807) is 16.9 Å². The molecule has 0 spiro atoms. The molecular weight excluding hydrogens is 416 g/mol. The smallest absolute Gasteiger partial charge is 0.228 e. The lowest BCUT2D eigenvalue weighted by atomic mass is 10.1. The van der Waals surface area contributed by atoms with Crippen molar-refractivity contribution in [3.63, 3.8) is 0 Å². The van der Waals surface area contributed by atoms with Crippen molar-refractivity contribution in [3.8, 4) is 17.0 Å². The molecule has 0 saturated heterocycles. The Labute approximate surface area is 185 Å². The summed E-state index contributed by atoms with van der Waals surface area (Å²) in [6.07, 6.45) is 4.56. The number of likely N-dealkylation sites (N-methyl/N-ethyl adjacent to an activating group) is 1. The third-order valence-electron chi connectivity index (χ3n) is 5.22. The lowest BCUT2D eigenvalue weighted by molar-refractivity contribution is 0.287. The molecule has 0 radical (unpaired) electrons. The molecule has 4 rings (SSSR count). The summed E-state index contributed by atoms with van der Waals surface area (Å²) in [4.78, 5) is 12.4. The molecule has 1 aromatic carbocycles. The van der Waals surface area contributed by atoms with Gasteiger partial charge in [-0.1, -0.05) is 0 Å². The number of halogens is 2. The first kappa shape index (κ1) is 21.9. The molecule has 0 atom stereocenters. The van der Waals surface area contributed by atoms with Crippen molar-refractivity contribution in [1.82, 2.24) is 24.6 Å². The number of hydrogen-bond donors (Lipinski definition) is 1. The van der Waals surface area contributed by atoms with Crippen LogP contribution in [0, 0.1) is 11.6 Å². The number of ether oxygens (including phenoxy) is 1. The highest BCUT2D eigenvalue weighted by Crippen LogP contribution is 2.39. The topological polar surface area (TPSA) is 71.3 Å². The summed E-state index contributed by atoms with van der Waals surface area (Å²) in [7, 11) is 3.99. The second-order valence-corrected chi connectivity index (χ2v) is 8.25. The van der Waals surface area contributed by atoms with Gasteiger partial charge >= 0.3 is 0 Å². The van der Waals surface area contributed by atoms with Gasteiger partial charge in [0.1, 0.15) is 12.3 Å². The van der Waals surface area contributed by atoms with E-state index in [2.05, 4.69) is 25.3 Å². The van der Waals surface area contributed by atoms with E-state index in [0.717, 1.165) is 19.3 Å². The van der Waals surface area contributed by atoms with E-state index in [1.807, 2.05) is 39.0 Å². The summed E-state index contributed by atoms with van der Waals surface area (Å²) in [5.74, 6) is -0.794. The van der Waals surface area contributed by atoms with Gasteiger partial charge in [0.25, 0.3) is 0 Å². The minimum absolute atomic E-state index is 0.0125. The maximum atomic E-state index is 14.8. The zero-order valence-electron chi connectivity index (χ0n) is 18.6. The molecule has 32 heavy (non-hydrogen) atoms. The third kappa shape index (κ3) is 4.64. The van der Waals surface area contributed by atoms with Crippen LogP contribution >= 0.6 is 0 Å². The average molecular weight is 444 g/mol. The van der Waals surface area contributed by atoms with Crippen LogP contribution in [0.4, 0.5) is 26.1 Å². The summed E-state index contributed by atoms with van der Waals surface area (Å²) in [6.45, 7) is 6.65. The van der Waals surface area contributed by atoms with Crippen LogP contribution in [-0.4, -0.2) is 64.5 Å². The number of fused-ring (bicyclic) bond motifs is 1. The van der Waals surface area contributed by atoms with Crippen molar-refractivity contribution in [2.75, 3.05) is 44.0 Å². The SMILES string of the molecule is CC(C)N1CCOc2c(F)cc(-c3nc(Nc4cnn(CCN(C)C)c4)ncc3F)cc21. The highest BCUT2D eigenvalue weighted by atomic mass is 19.1. The van der Waals surface area contributed by atoms with E-state index < -0.39 is 11.6 Å². The van der Waals surface area contributed by atoms with Gasteiger partial charge in [-0.15, -0.1) is 0 Å². The van der Waals surface area contributed by atoms with Gasteiger partial charge in [-0.2, -0.15) is 5.10 Å². The molecule has 8 nitrogen and oxygen atoms in total. The number of rotatable bonds is 7. The Bertz CT molecular complexity index is 1100. The summed E-state index contributed by atoms with van der Waals surface area (Å²) < 4.78 is 36.8. The van der Waals surface area contributed by atoms with Crippen LogP contribution in [-0.2, 0) is 6.54 Å². The fraction of sp³-hybridized carbons (Fsp3) is 0.409. The molecule has 10 heteroatoms. The second-order valence-electron chi connectivity index (χ2n) is 8.25. The highest BCUT2D eigenvalue weighted by molar-refractivity contribution is 5.73. The zero-order valence-corrected chi connectivity index (χ0v) is 18.6. The Morgan fingerprint density at radius 1 is 1.19 bits per heavy atom. The van der Waals surface area contributed by atoms with Crippen molar-refractivity contribution in [2.24, 2.45) is 0 Å². The number of benzene rings is 1. The van der Waals surface area contributed by atoms with Gasteiger partial charge in [-0.3, -0.25) is 4.68 Å². The number of nitrogens with one attached hydrogen (secondary N) is 1. The molecular formula is C22H27F2N7O. The van der Waals surface area contributed by atoms with E-state index in [-0.39, 0.29) is 23.4 Å². The lowest BCUT2D eigenvalue weighted by Gasteiger charge is -2.34. The first-order chi connectivity index (χ1) is 15.3. The van der Waals surface area contributed by atoms with Gasteiger partial charge in [-0.05, 0) is 40.1 Å². The van der Waals surface area contributed by atoms with Crippen molar-refractivity contribution < 1.29 is 13.5 Å². The molecule has 0 fully saturated rings. The van der Waals surface area contributed by atoms with Crippen LogP contribution < -0.4 is 15.0 Å². The molecule has 0 bridgehead atoms. The molecule has 1 aliphatic rings. The molecule has 0 aliphatic carbocycles. The largest absolute Gasteiger partial charge is 0.486 e. The van der Waals surface area contributed by atoms with Gasteiger partial charge in [0.2, 0.25) is 5.95 Å². The predicted octanol–water partition coefficient (Wildman–Crippen LogP) is 3.53. The summed E-state index contributed by atoms with van der Waals surface area (Å²) in [5.41, 5.74) is 1.61. The Balaban J connectivity index is 1.62. The molecule has 1 N–H and O–H groups in total. The minimum Gasteiger partial charge on any atom is -0.486 e. The fourth-order valence-electron chi connectivity index (χ4n) is 3.59. The van der Waals surface area contributed by atoms with Crippen molar-refractivity contribution in [1.29, 1.82) is 0 Å². The molecule has 0 unspecified atom stereocenters. The van der Waals surface area contributed by atoms with Crippen LogP contribution in [0.2, 0.25) is 0 Å². The molecule has 3 heterocycles. The minimum atomic E-state index is -0.635. The monoisotopic (exact) mass is 443 g/mol. The fourth-order valence-corrected chi connectivity index (χ4v) is 3.59. The van der Waals surface area contributed by atoms with E-state index >= 15 is 0 Å². The summed E-state index contributed by atoms with van der Waals surface area (Å²) >= 11 is 0. The van der Waals surface area contributed by atoms with Gasteiger partial charge in [0.05, 0.1) is 36.9 Å². The number of aromatic nitrogens is 4. The van der Waals surface area contributed by atoms with Gasteiger partial charge in [0.15, 0.2) is 17.4 Å². The Kier molecular flexibility index (Phi) is 6.22. The second kappa shape index (κ2) is 9.07. The van der Waals surface area contributed by atoms with Crippen molar-refractivity contribution in [2.45, 2.75) is 26.4 Å². The van der Waals surface area contributed by atoms with Crippen molar-refractivity contribution >= 4 is 17.3 Å². The van der Waals surface area contributed by atoms with Crippen LogP contribution in [0.15, 0.2) is 30.7 Å². The van der Waals surface area contributed by atoms with Gasteiger partial charge in [-0.25, -0.2) is 18.7 Å². The molecule has 0 amide bonds. The van der Waals surface area contributed by atoms with Crippen LogP contribution in [0.1, 0.15) is 13.8 Å². The standard InChI is InChI=1S/C22H27F2N7O/c1-14(2)31-7-8-32-21-17(23)9-15(10-19(21)31)20-18(24)12-25-22(28-20)27-16-11-26-30(13-16)6-5-29(3)4/h9-14H,5-8H2,1-4H3,(H,25,27,28). The first-order valence-electron chi connectivity index (χ1n) is 10.5. The maximum Gasteiger partial charge on any atom is 0.228 e. The summed E-state index contributed by atoms with van der Waals surface area (Å²) in [6, 6.07) is 3.10. The summed E-state index contributed by atoms with van der Waals surface area (Å²) in [5, 5.41) is 7.33. The van der Waals surface area contributed by atoms with Crippen molar-refractivity contribution in [3.05, 3.63) is 42.4 Å². The normalized spacial score (nSPS) is 13.4. The molecule has 1 aliphatic heterocycles. The maximum absolute atomic E-state index is 14.8. The first-order valence-corrected chi connectivity index (χ1v) is 10.5. The van der Waals surface area contributed by atoms with Crippen LogP contribution in [0.3, 0.4) is 0 Å². The predicted molar refractivity (Wildman–Crippen MR) is 119 cm³/mol. The van der Waals surface area contributed by atoms with E-state index in [4.69, 9.17) is 4.74 Å². The van der Waals surface area contributed by atoms with E-state index in [1.165, 1.54) is 6.07 Å². The molecule has 170 valence electrons. The van der Waals surface area contributed by atoms with Crippen LogP contribution in [0.25, 0.3) is 11.3 Å². The third-order valence-corrected chi connectivity index (χ3v) is 5.22. The van der Waals surface area contributed by atoms with Crippen LogP contribution in [0.5, 0.6) is 5.75 Å². The molecule has 3 aromatic rings.